The van der Waals surface area contributed by atoms with Gasteiger partial charge in [0.05, 0.1) is 12.1 Å². The molecule has 1 N–H and O–H groups in total. The van der Waals surface area contributed by atoms with Gasteiger partial charge in [-0.3, -0.25) is 4.79 Å². The van der Waals surface area contributed by atoms with Crippen LogP contribution in [-0.4, -0.2) is 42.6 Å². The van der Waals surface area contributed by atoms with E-state index in [9.17, 15) is 4.79 Å². The Bertz CT molecular complexity index is 927. The van der Waals surface area contributed by atoms with Crippen LogP contribution in [0.1, 0.15) is 29.5 Å². The Kier molecular flexibility index (Phi) is 6.98. The van der Waals surface area contributed by atoms with Crippen molar-refractivity contribution in [2.24, 2.45) is 0 Å². The molecule has 3 rings (SSSR count). The minimum absolute atomic E-state index is 0.181. The van der Waals surface area contributed by atoms with Crippen LogP contribution in [0, 0.1) is 13.8 Å². The maximum atomic E-state index is 12.3. The van der Waals surface area contributed by atoms with Gasteiger partial charge in [0.2, 0.25) is 0 Å². The summed E-state index contributed by atoms with van der Waals surface area (Å²) in [6.45, 7) is 5.69. The number of benzene rings is 2. The lowest BCUT2D eigenvalue weighted by atomic mass is 10.1. The van der Waals surface area contributed by atoms with E-state index < -0.39 is 0 Å². The van der Waals surface area contributed by atoms with Crippen LogP contribution in [0.15, 0.2) is 30.3 Å². The van der Waals surface area contributed by atoms with Gasteiger partial charge >= 0.3 is 0 Å². The Morgan fingerprint density at radius 2 is 1.93 bits per heavy atom. The molecule has 0 unspecified atom stereocenters. The second-order valence-electron chi connectivity index (χ2n) is 7.14. The minimum atomic E-state index is -0.272. The number of rotatable bonds is 6. The maximum Gasteiger partial charge on any atom is 0.262 e. The highest BCUT2D eigenvalue weighted by Crippen LogP contribution is 2.37. The second-order valence-corrected chi connectivity index (χ2v) is 7.94. The lowest BCUT2D eigenvalue weighted by Crippen LogP contribution is -2.26. The van der Waals surface area contributed by atoms with Crippen LogP contribution in [0.25, 0.3) is 0 Å². The molecule has 0 aromatic heterocycles. The highest BCUT2D eigenvalue weighted by atomic mass is 35.5. The summed E-state index contributed by atoms with van der Waals surface area (Å²) >= 11 is 12.0. The molecule has 0 saturated carbocycles. The number of halogens is 1. The van der Waals surface area contributed by atoms with E-state index in [0.717, 1.165) is 53.3 Å². The predicted molar refractivity (Wildman–Crippen MR) is 121 cm³/mol. The summed E-state index contributed by atoms with van der Waals surface area (Å²) < 4.78 is 11.1. The van der Waals surface area contributed by atoms with Crippen LogP contribution >= 0.6 is 23.8 Å². The predicted octanol–water partition coefficient (Wildman–Crippen LogP) is 4.75. The van der Waals surface area contributed by atoms with E-state index in [4.69, 9.17) is 33.3 Å². The van der Waals surface area contributed by atoms with Crippen molar-refractivity contribution < 1.29 is 14.3 Å². The third-order valence-corrected chi connectivity index (χ3v) is 5.65. The van der Waals surface area contributed by atoms with Crippen molar-refractivity contribution in [3.63, 3.8) is 0 Å². The normalized spacial score (nSPS) is 13.3. The molecule has 5 nitrogen and oxygen atoms in total. The standard InChI is InChI=1S/C22H25ClN2O3S/c1-14-6-7-18(15(2)10-14)24-20(26)13-28-21-17(23)11-16(12-19(21)27-3)22(29)25-8-4-5-9-25/h6-7,10-12H,4-5,8-9,13H2,1-3H3,(H,24,26). The molecule has 1 saturated heterocycles. The Hall–Kier alpha value is -2.31. The van der Waals surface area contributed by atoms with E-state index in [2.05, 4.69) is 10.2 Å². The molecule has 0 bridgehead atoms. The summed E-state index contributed by atoms with van der Waals surface area (Å²) in [4.78, 5) is 15.3. The molecule has 0 spiro atoms. The summed E-state index contributed by atoms with van der Waals surface area (Å²) in [5, 5.41) is 3.22. The molecule has 7 heteroatoms. The van der Waals surface area contributed by atoms with Crippen LogP contribution < -0.4 is 14.8 Å². The molecule has 1 heterocycles. The van der Waals surface area contributed by atoms with Gasteiger partial charge in [-0.2, -0.15) is 0 Å². The first-order chi connectivity index (χ1) is 13.9. The van der Waals surface area contributed by atoms with Crippen LogP contribution in [0.4, 0.5) is 5.69 Å². The van der Waals surface area contributed by atoms with E-state index in [1.807, 2.05) is 38.1 Å². The van der Waals surface area contributed by atoms with Crippen molar-refractivity contribution in [1.29, 1.82) is 0 Å². The van der Waals surface area contributed by atoms with Crippen molar-refractivity contribution in [2.45, 2.75) is 26.7 Å². The molecule has 154 valence electrons. The molecule has 0 radical (unpaired) electrons. The summed E-state index contributed by atoms with van der Waals surface area (Å²) in [6.07, 6.45) is 2.28. The summed E-state index contributed by atoms with van der Waals surface area (Å²) in [5.74, 6) is 0.512. The number of ether oxygens (including phenoxy) is 2. The van der Waals surface area contributed by atoms with Crippen molar-refractivity contribution in [2.75, 3.05) is 32.1 Å². The van der Waals surface area contributed by atoms with Gasteiger partial charge in [-0.25, -0.2) is 0 Å². The number of nitrogens with zero attached hydrogens (tertiary/aromatic N) is 1. The lowest BCUT2D eigenvalue weighted by Gasteiger charge is -2.20. The third kappa shape index (κ3) is 5.19. The van der Waals surface area contributed by atoms with Gasteiger partial charge in [0.15, 0.2) is 18.1 Å². The molecule has 0 atom stereocenters. The molecular formula is C22H25ClN2O3S. The van der Waals surface area contributed by atoms with Crippen molar-refractivity contribution in [3.05, 3.63) is 52.0 Å². The zero-order valence-electron chi connectivity index (χ0n) is 16.9. The van der Waals surface area contributed by atoms with Gasteiger partial charge in [-0.15, -0.1) is 0 Å². The van der Waals surface area contributed by atoms with Gasteiger partial charge < -0.3 is 19.7 Å². The van der Waals surface area contributed by atoms with Gasteiger partial charge in [-0.1, -0.05) is 41.5 Å². The number of thiocarbonyl (C=S) groups is 1. The van der Waals surface area contributed by atoms with Gasteiger partial charge in [-0.05, 0) is 50.5 Å². The first kappa shape index (κ1) is 21.4. The number of carbonyl (C=O) groups is 1. The van der Waals surface area contributed by atoms with Crippen molar-refractivity contribution in [1.82, 2.24) is 4.90 Å². The fourth-order valence-electron chi connectivity index (χ4n) is 3.36. The lowest BCUT2D eigenvalue weighted by molar-refractivity contribution is -0.118. The van der Waals surface area contributed by atoms with Crippen LogP contribution in [0.3, 0.4) is 0 Å². The highest BCUT2D eigenvalue weighted by Gasteiger charge is 2.20. The largest absolute Gasteiger partial charge is 0.493 e. The van der Waals surface area contributed by atoms with Gasteiger partial charge in [0.1, 0.15) is 4.99 Å². The van der Waals surface area contributed by atoms with Crippen molar-refractivity contribution in [3.8, 4) is 11.5 Å². The first-order valence-electron chi connectivity index (χ1n) is 9.55. The Morgan fingerprint density at radius 1 is 1.21 bits per heavy atom. The number of carbonyl (C=O) groups excluding carboxylic acids is 1. The van der Waals surface area contributed by atoms with E-state index in [0.29, 0.717) is 16.5 Å². The van der Waals surface area contributed by atoms with E-state index in [-0.39, 0.29) is 12.5 Å². The summed E-state index contributed by atoms with van der Waals surface area (Å²) in [6, 6.07) is 9.42. The number of nitrogens with one attached hydrogen (secondary N) is 1. The SMILES string of the molecule is COc1cc(C(=S)N2CCCC2)cc(Cl)c1OCC(=O)Nc1ccc(C)cc1C. The highest BCUT2D eigenvalue weighted by molar-refractivity contribution is 7.80. The fraction of sp³-hybridized carbons (Fsp3) is 0.364. The average molecular weight is 433 g/mol. The molecule has 29 heavy (non-hydrogen) atoms. The number of hydrogen-bond donors (Lipinski definition) is 1. The average Bonchev–Trinajstić information content (AvgIpc) is 3.22. The van der Waals surface area contributed by atoms with Crippen LogP contribution in [-0.2, 0) is 4.79 Å². The molecule has 0 aliphatic carbocycles. The van der Waals surface area contributed by atoms with Crippen molar-refractivity contribution >= 4 is 40.4 Å². The smallest absolute Gasteiger partial charge is 0.262 e. The Labute approximate surface area is 181 Å². The number of anilines is 1. The zero-order chi connectivity index (χ0) is 21.0. The quantitative estimate of drug-likeness (QED) is 0.667. The second kappa shape index (κ2) is 9.46. The minimum Gasteiger partial charge on any atom is -0.493 e. The molecule has 2 aromatic carbocycles. The van der Waals surface area contributed by atoms with Gasteiger partial charge in [0.25, 0.3) is 5.91 Å². The molecule has 1 aliphatic rings. The molecule has 1 aliphatic heterocycles. The summed E-state index contributed by atoms with van der Waals surface area (Å²) in [7, 11) is 1.54. The first-order valence-corrected chi connectivity index (χ1v) is 10.3. The topological polar surface area (TPSA) is 50.8 Å². The number of hydrogen-bond acceptors (Lipinski definition) is 4. The van der Waals surface area contributed by atoms with Crippen LogP contribution in [0.5, 0.6) is 11.5 Å². The Balaban J connectivity index is 1.69. The maximum absolute atomic E-state index is 12.3. The zero-order valence-corrected chi connectivity index (χ0v) is 18.5. The number of likely N-dealkylation sites (tertiary alicyclic amines) is 1. The van der Waals surface area contributed by atoms with E-state index in [1.165, 1.54) is 7.11 Å². The number of aryl methyl sites for hydroxylation is 2. The molecular weight excluding hydrogens is 408 g/mol. The molecule has 1 fully saturated rings. The van der Waals surface area contributed by atoms with Gasteiger partial charge in [0, 0.05) is 24.3 Å². The van der Waals surface area contributed by atoms with E-state index in [1.54, 1.807) is 6.07 Å². The van der Waals surface area contributed by atoms with Crippen LogP contribution in [0.2, 0.25) is 5.02 Å². The summed E-state index contributed by atoms with van der Waals surface area (Å²) in [5.41, 5.74) is 3.71. The number of methoxy groups -OCH3 is 1. The third-order valence-electron chi connectivity index (χ3n) is 4.87. The molecule has 1 amide bonds. The van der Waals surface area contributed by atoms with E-state index >= 15 is 0 Å². The Morgan fingerprint density at radius 3 is 2.59 bits per heavy atom. The number of amides is 1. The fourth-order valence-corrected chi connectivity index (χ4v) is 3.93. The molecule has 2 aromatic rings. The monoisotopic (exact) mass is 432 g/mol.